The lowest BCUT2D eigenvalue weighted by Gasteiger charge is -2.08. The number of nitrogens with zero attached hydrogens (tertiary/aromatic N) is 2. The summed E-state index contributed by atoms with van der Waals surface area (Å²) in [5, 5.41) is 22.9. The van der Waals surface area contributed by atoms with Gasteiger partial charge >= 0.3 is 0 Å². The standard InChI is InChI=1S/C23H17N3O5/c1-14-11-17(26(29)30)7-9-19(14)22-10-8-18(31-22)12-16(13-24)23(28)25-21-6-4-3-5-20(21)15(2)27/h3-12H,1-2H3,(H,25,28)/b16-12-. The Hall–Kier alpha value is -4.51. The number of ketones is 1. The van der Waals surface area contributed by atoms with E-state index in [2.05, 4.69) is 5.32 Å². The van der Waals surface area contributed by atoms with E-state index in [9.17, 15) is 25.0 Å². The minimum Gasteiger partial charge on any atom is -0.457 e. The molecular formula is C23H17N3O5. The molecule has 154 valence electrons. The number of carbonyl (C=O) groups is 2. The van der Waals surface area contributed by atoms with Gasteiger partial charge in [-0.05, 0) is 49.7 Å². The number of rotatable bonds is 6. The van der Waals surface area contributed by atoms with Gasteiger partial charge in [-0.2, -0.15) is 5.26 Å². The van der Waals surface area contributed by atoms with Crippen LogP contribution in [0.3, 0.4) is 0 Å². The molecule has 1 aromatic heterocycles. The maximum absolute atomic E-state index is 12.5. The maximum Gasteiger partial charge on any atom is 0.269 e. The highest BCUT2D eigenvalue weighted by Gasteiger charge is 2.16. The zero-order chi connectivity index (χ0) is 22.5. The number of hydrogen-bond acceptors (Lipinski definition) is 6. The third kappa shape index (κ3) is 4.74. The first-order valence-electron chi connectivity index (χ1n) is 9.18. The van der Waals surface area contributed by atoms with Gasteiger partial charge in [0.05, 0.1) is 10.6 Å². The van der Waals surface area contributed by atoms with Crippen LogP contribution in [0.25, 0.3) is 17.4 Å². The number of nitro groups is 1. The Labute approximate surface area is 177 Å². The molecule has 0 unspecified atom stereocenters. The quantitative estimate of drug-likeness (QED) is 0.200. The van der Waals surface area contributed by atoms with E-state index in [4.69, 9.17) is 4.42 Å². The highest BCUT2D eigenvalue weighted by atomic mass is 16.6. The summed E-state index contributed by atoms with van der Waals surface area (Å²) in [5.41, 5.74) is 1.72. The van der Waals surface area contributed by atoms with Crippen LogP contribution >= 0.6 is 0 Å². The molecule has 1 N–H and O–H groups in total. The van der Waals surface area contributed by atoms with Crippen LogP contribution in [0, 0.1) is 28.4 Å². The van der Waals surface area contributed by atoms with Crippen molar-refractivity contribution < 1.29 is 18.9 Å². The van der Waals surface area contributed by atoms with Crippen LogP contribution in [0.5, 0.6) is 0 Å². The SMILES string of the molecule is CC(=O)c1ccccc1NC(=O)/C(C#N)=C\c1ccc(-c2ccc([N+](=O)[O-])cc2C)o1. The zero-order valence-corrected chi connectivity index (χ0v) is 16.7. The molecule has 0 aliphatic carbocycles. The molecule has 0 saturated heterocycles. The number of nitro benzene ring substituents is 1. The highest BCUT2D eigenvalue weighted by Crippen LogP contribution is 2.29. The average molecular weight is 415 g/mol. The summed E-state index contributed by atoms with van der Waals surface area (Å²) in [6.07, 6.45) is 1.29. The summed E-state index contributed by atoms with van der Waals surface area (Å²) in [6, 6.07) is 16.0. The Bertz CT molecular complexity index is 1260. The van der Waals surface area contributed by atoms with Crippen LogP contribution in [-0.4, -0.2) is 16.6 Å². The van der Waals surface area contributed by atoms with Crippen molar-refractivity contribution in [3.63, 3.8) is 0 Å². The Morgan fingerprint density at radius 1 is 1.16 bits per heavy atom. The molecule has 0 aliphatic rings. The number of benzene rings is 2. The number of Topliss-reactive ketones (excluding diaryl/α,β-unsaturated/α-hetero) is 1. The van der Waals surface area contributed by atoms with Crippen LogP contribution in [0.1, 0.15) is 28.6 Å². The Morgan fingerprint density at radius 3 is 2.55 bits per heavy atom. The van der Waals surface area contributed by atoms with Gasteiger partial charge in [0.15, 0.2) is 5.78 Å². The normalized spacial score (nSPS) is 10.9. The van der Waals surface area contributed by atoms with Crippen molar-refractivity contribution in [2.24, 2.45) is 0 Å². The molecule has 2 aromatic carbocycles. The zero-order valence-electron chi connectivity index (χ0n) is 16.7. The topological polar surface area (TPSA) is 126 Å². The van der Waals surface area contributed by atoms with Crippen molar-refractivity contribution in [1.82, 2.24) is 0 Å². The lowest BCUT2D eigenvalue weighted by atomic mass is 10.1. The molecule has 0 radical (unpaired) electrons. The van der Waals surface area contributed by atoms with E-state index < -0.39 is 10.8 Å². The summed E-state index contributed by atoms with van der Waals surface area (Å²) in [4.78, 5) is 34.7. The van der Waals surface area contributed by atoms with Crippen molar-refractivity contribution in [3.8, 4) is 17.4 Å². The van der Waals surface area contributed by atoms with E-state index in [1.54, 1.807) is 49.4 Å². The second-order valence-corrected chi connectivity index (χ2v) is 6.68. The molecule has 0 saturated carbocycles. The lowest BCUT2D eigenvalue weighted by Crippen LogP contribution is -2.15. The fraction of sp³-hybridized carbons (Fsp3) is 0.0870. The molecule has 0 atom stereocenters. The molecule has 0 aliphatic heterocycles. The van der Waals surface area contributed by atoms with Crippen molar-refractivity contribution in [3.05, 3.63) is 87.2 Å². The van der Waals surface area contributed by atoms with E-state index >= 15 is 0 Å². The number of nitriles is 1. The lowest BCUT2D eigenvalue weighted by molar-refractivity contribution is -0.384. The number of non-ortho nitro benzene ring substituents is 1. The minimum atomic E-state index is -0.680. The van der Waals surface area contributed by atoms with Gasteiger partial charge in [-0.3, -0.25) is 19.7 Å². The molecule has 3 rings (SSSR count). The number of nitrogens with one attached hydrogen (secondary N) is 1. The van der Waals surface area contributed by atoms with Gasteiger partial charge in [0.1, 0.15) is 23.2 Å². The summed E-state index contributed by atoms with van der Waals surface area (Å²) in [7, 11) is 0. The molecule has 3 aromatic rings. The van der Waals surface area contributed by atoms with Crippen LogP contribution < -0.4 is 5.32 Å². The number of furan rings is 1. The summed E-state index contributed by atoms with van der Waals surface area (Å²) < 4.78 is 5.71. The summed E-state index contributed by atoms with van der Waals surface area (Å²) in [6.45, 7) is 3.11. The minimum absolute atomic E-state index is 0.0257. The molecule has 1 heterocycles. The van der Waals surface area contributed by atoms with Gasteiger partial charge in [-0.25, -0.2) is 0 Å². The van der Waals surface area contributed by atoms with E-state index in [0.717, 1.165) is 0 Å². The van der Waals surface area contributed by atoms with E-state index in [1.165, 1.54) is 25.1 Å². The van der Waals surface area contributed by atoms with Gasteiger partial charge in [0.25, 0.3) is 11.6 Å². The van der Waals surface area contributed by atoms with E-state index in [1.807, 2.05) is 6.07 Å². The van der Waals surface area contributed by atoms with Crippen molar-refractivity contribution in [2.75, 3.05) is 5.32 Å². The van der Waals surface area contributed by atoms with Crippen molar-refractivity contribution in [1.29, 1.82) is 5.26 Å². The van der Waals surface area contributed by atoms with Gasteiger partial charge in [-0.15, -0.1) is 0 Å². The number of amides is 1. The second-order valence-electron chi connectivity index (χ2n) is 6.68. The summed E-state index contributed by atoms with van der Waals surface area (Å²) in [5.74, 6) is -0.189. The van der Waals surface area contributed by atoms with Crippen LogP contribution in [0.15, 0.2) is 64.6 Å². The van der Waals surface area contributed by atoms with E-state index in [0.29, 0.717) is 28.1 Å². The molecule has 31 heavy (non-hydrogen) atoms. The molecule has 0 bridgehead atoms. The smallest absolute Gasteiger partial charge is 0.269 e. The van der Waals surface area contributed by atoms with Crippen molar-refractivity contribution >= 4 is 29.1 Å². The first-order valence-corrected chi connectivity index (χ1v) is 9.18. The van der Waals surface area contributed by atoms with Crippen LogP contribution in [0.2, 0.25) is 0 Å². The Morgan fingerprint density at radius 2 is 1.90 bits per heavy atom. The fourth-order valence-electron chi connectivity index (χ4n) is 2.99. The van der Waals surface area contributed by atoms with Gasteiger partial charge in [0.2, 0.25) is 0 Å². The van der Waals surface area contributed by atoms with Gasteiger partial charge < -0.3 is 9.73 Å². The maximum atomic E-state index is 12.5. The molecule has 1 amide bonds. The first-order chi connectivity index (χ1) is 14.8. The third-order valence-electron chi connectivity index (χ3n) is 4.52. The van der Waals surface area contributed by atoms with Crippen molar-refractivity contribution in [2.45, 2.75) is 13.8 Å². The van der Waals surface area contributed by atoms with Gasteiger partial charge in [0, 0.05) is 29.3 Å². The number of hydrogen-bond donors (Lipinski definition) is 1. The van der Waals surface area contributed by atoms with Crippen LogP contribution in [-0.2, 0) is 4.79 Å². The Balaban J connectivity index is 1.85. The predicted octanol–water partition coefficient (Wildman–Crippen LogP) is 4.91. The molecule has 0 spiro atoms. The average Bonchev–Trinajstić information content (AvgIpc) is 3.20. The number of aryl methyl sites for hydroxylation is 1. The number of para-hydroxylation sites is 1. The molecule has 0 fully saturated rings. The third-order valence-corrected chi connectivity index (χ3v) is 4.52. The fourth-order valence-corrected chi connectivity index (χ4v) is 2.99. The van der Waals surface area contributed by atoms with Gasteiger partial charge in [-0.1, -0.05) is 12.1 Å². The first kappa shape index (κ1) is 21.2. The Kier molecular flexibility index (Phi) is 6.07. The van der Waals surface area contributed by atoms with E-state index in [-0.39, 0.29) is 22.8 Å². The highest BCUT2D eigenvalue weighted by molar-refractivity contribution is 6.12. The summed E-state index contributed by atoms with van der Waals surface area (Å²) >= 11 is 0. The number of anilines is 1. The largest absolute Gasteiger partial charge is 0.457 e. The molecule has 8 nitrogen and oxygen atoms in total. The molecule has 8 heteroatoms. The number of carbonyl (C=O) groups excluding carboxylic acids is 2. The monoisotopic (exact) mass is 415 g/mol. The second kappa shape index (κ2) is 8.88. The van der Waals surface area contributed by atoms with Crippen LogP contribution in [0.4, 0.5) is 11.4 Å². The molecular weight excluding hydrogens is 398 g/mol. The predicted molar refractivity (Wildman–Crippen MR) is 114 cm³/mol.